The number of nitrogens with zero attached hydrogens (tertiary/aromatic N) is 1. The molecule has 0 aliphatic carbocycles. The Kier molecular flexibility index (Phi) is 4.24. The van der Waals surface area contributed by atoms with E-state index in [2.05, 4.69) is 0 Å². The second-order valence-corrected chi connectivity index (χ2v) is 5.88. The fourth-order valence-corrected chi connectivity index (χ4v) is 2.77. The zero-order chi connectivity index (χ0) is 13.2. The number of sulfonamides is 1. The molecule has 0 aromatic heterocycles. The SMILES string of the molecule is CCN(C)S(=O)(=O)c1cc(C)c(F)c(CN)c1. The lowest BCUT2D eigenvalue weighted by atomic mass is 10.1. The number of hydrogen-bond donors (Lipinski definition) is 1. The lowest BCUT2D eigenvalue weighted by Gasteiger charge is -2.16. The summed E-state index contributed by atoms with van der Waals surface area (Å²) in [6.07, 6.45) is 0. The first-order valence-electron chi connectivity index (χ1n) is 5.30. The normalized spacial score (nSPS) is 12.1. The molecule has 0 aliphatic heterocycles. The van der Waals surface area contributed by atoms with E-state index >= 15 is 0 Å². The van der Waals surface area contributed by atoms with Gasteiger partial charge in [0.05, 0.1) is 4.90 Å². The summed E-state index contributed by atoms with van der Waals surface area (Å²) in [7, 11) is -2.07. The molecule has 0 spiro atoms. The molecule has 0 heterocycles. The Balaban J connectivity index is 3.39. The van der Waals surface area contributed by atoms with Gasteiger partial charge in [-0.15, -0.1) is 0 Å². The monoisotopic (exact) mass is 260 g/mol. The Bertz CT molecular complexity index is 514. The Hall–Kier alpha value is -0.980. The fourth-order valence-electron chi connectivity index (χ4n) is 1.45. The highest BCUT2D eigenvalue weighted by Gasteiger charge is 2.21. The Morgan fingerprint density at radius 2 is 2.00 bits per heavy atom. The molecule has 1 aromatic rings. The lowest BCUT2D eigenvalue weighted by molar-refractivity contribution is 0.485. The minimum Gasteiger partial charge on any atom is -0.326 e. The van der Waals surface area contributed by atoms with Gasteiger partial charge in [-0.2, -0.15) is 0 Å². The van der Waals surface area contributed by atoms with Crippen LogP contribution in [0.25, 0.3) is 0 Å². The molecule has 1 rings (SSSR count). The molecule has 0 aliphatic rings. The summed E-state index contributed by atoms with van der Waals surface area (Å²) >= 11 is 0. The van der Waals surface area contributed by atoms with Crippen molar-refractivity contribution in [3.8, 4) is 0 Å². The number of rotatable bonds is 4. The molecule has 1 aromatic carbocycles. The van der Waals surface area contributed by atoms with Gasteiger partial charge in [0.1, 0.15) is 5.82 Å². The number of hydrogen-bond acceptors (Lipinski definition) is 3. The van der Waals surface area contributed by atoms with Gasteiger partial charge < -0.3 is 5.73 Å². The van der Waals surface area contributed by atoms with Gasteiger partial charge >= 0.3 is 0 Å². The van der Waals surface area contributed by atoms with E-state index in [1.807, 2.05) is 0 Å². The largest absolute Gasteiger partial charge is 0.326 e. The van der Waals surface area contributed by atoms with Crippen molar-refractivity contribution in [1.82, 2.24) is 4.31 Å². The van der Waals surface area contributed by atoms with E-state index in [9.17, 15) is 12.8 Å². The van der Waals surface area contributed by atoms with Crippen LogP contribution < -0.4 is 5.73 Å². The number of halogens is 1. The highest BCUT2D eigenvalue weighted by molar-refractivity contribution is 7.89. The van der Waals surface area contributed by atoms with Crippen molar-refractivity contribution >= 4 is 10.0 Å². The van der Waals surface area contributed by atoms with Crippen LogP contribution in [0.2, 0.25) is 0 Å². The predicted octanol–water partition coefficient (Wildman–Crippen LogP) is 1.23. The third-order valence-corrected chi connectivity index (χ3v) is 4.59. The van der Waals surface area contributed by atoms with Crippen molar-refractivity contribution in [2.45, 2.75) is 25.3 Å². The van der Waals surface area contributed by atoms with Crippen LogP contribution in [0.4, 0.5) is 4.39 Å². The first kappa shape index (κ1) is 14.1. The van der Waals surface area contributed by atoms with Crippen LogP contribution in [0.15, 0.2) is 17.0 Å². The second-order valence-electron chi connectivity index (χ2n) is 3.84. The smallest absolute Gasteiger partial charge is 0.242 e. The van der Waals surface area contributed by atoms with E-state index in [0.29, 0.717) is 6.54 Å². The van der Waals surface area contributed by atoms with E-state index in [-0.39, 0.29) is 22.6 Å². The predicted molar refractivity (Wildman–Crippen MR) is 64.5 cm³/mol. The number of benzene rings is 1. The molecular formula is C11H17FN2O2S. The van der Waals surface area contributed by atoms with Gasteiger partial charge in [-0.1, -0.05) is 6.92 Å². The third-order valence-electron chi connectivity index (χ3n) is 2.68. The molecule has 17 heavy (non-hydrogen) atoms. The second kappa shape index (κ2) is 5.12. The molecule has 6 heteroatoms. The molecular weight excluding hydrogens is 243 g/mol. The van der Waals surface area contributed by atoms with Gasteiger partial charge in [0.15, 0.2) is 0 Å². The molecule has 0 bridgehead atoms. The van der Waals surface area contributed by atoms with Crippen molar-refractivity contribution in [2.75, 3.05) is 13.6 Å². The van der Waals surface area contributed by atoms with E-state index in [0.717, 1.165) is 0 Å². The first-order valence-corrected chi connectivity index (χ1v) is 6.74. The van der Waals surface area contributed by atoms with Gasteiger partial charge in [-0.3, -0.25) is 0 Å². The zero-order valence-electron chi connectivity index (χ0n) is 10.2. The molecule has 2 N–H and O–H groups in total. The quantitative estimate of drug-likeness (QED) is 0.885. The number of aryl methyl sites for hydroxylation is 1. The van der Waals surface area contributed by atoms with Gasteiger partial charge in [-0.05, 0) is 24.6 Å². The fraction of sp³-hybridized carbons (Fsp3) is 0.455. The molecule has 0 atom stereocenters. The summed E-state index contributed by atoms with van der Waals surface area (Å²) in [5, 5.41) is 0. The molecule has 96 valence electrons. The highest BCUT2D eigenvalue weighted by atomic mass is 32.2. The van der Waals surface area contributed by atoms with Crippen LogP contribution in [-0.2, 0) is 16.6 Å². The summed E-state index contributed by atoms with van der Waals surface area (Å²) in [5.41, 5.74) is 5.90. The van der Waals surface area contributed by atoms with E-state index in [1.54, 1.807) is 6.92 Å². The molecule has 0 radical (unpaired) electrons. The van der Waals surface area contributed by atoms with Crippen LogP contribution in [0, 0.1) is 12.7 Å². The molecule has 0 saturated carbocycles. The van der Waals surface area contributed by atoms with Crippen LogP contribution in [0.3, 0.4) is 0 Å². The van der Waals surface area contributed by atoms with E-state index < -0.39 is 15.8 Å². The standard InChI is InChI=1S/C11H17FN2O2S/c1-4-14(3)17(15,16)10-5-8(2)11(12)9(6-10)7-13/h5-6H,4,7,13H2,1-3H3. The Labute approximate surface area is 101 Å². The van der Waals surface area contributed by atoms with Crippen LogP contribution in [-0.4, -0.2) is 26.3 Å². The van der Waals surface area contributed by atoms with Crippen molar-refractivity contribution in [3.05, 3.63) is 29.1 Å². The van der Waals surface area contributed by atoms with Crippen molar-refractivity contribution in [3.63, 3.8) is 0 Å². The molecule has 4 nitrogen and oxygen atoms in total. The van der Waals surface area contributed by atoms with Crippen LogP contribution in [0.5, 0.6) is 0 Å². The maximum atomic E-state index is 13.6. The third kappa shape index (κ3) is 2.65. The van der Waals surface area contributed by atoms with Gasteiger partial charge in [0, 0.05) is 25.7 Å². The summed E-state index contributed by atoms with van der Waals surface area (Å²) < 4.78 is 38.9. The lowest BCUT2D eigenvalue weighted by Crippen LogP contribution is -2.27. The van der Waals surface area contributed by atoms with Crippen LogP contribution in [0.1, 0.15) is 18.1 Å². The van der Waals surface area contributed by atoms with Gasteiger partial charge in [0.25, 0.3) is 0 Å². The number of nitrogens with two attached hydrogens (primary N) is 1. The molecule has 0 amide bonds. The Morgan fingerprint density at radius 1 is 1.41 bits per heavy atom. The minimum absolute atomic E-state index is 0.0220. The van der Waals surface area contributed by atoms with E-state index in [1.165, 1.54) is 30.4 Å². The van der Waals surface area contributed by atoms with Gasteiger partial charge in [-0.25, -0.2) is 17.1 Å². The van der Waals surface area contributed by atoms with Crippen molar-refractivity contribution in [2.24, 2.45) is 5.73 Å². The maximum Gasteiger partial charge on any atom is 0.242 e. The summed E-state index contributed by atoms with van der Waals surface area (Å²) in [5.74, 6) is -0.439. The highest BCUT2D eigenvalue weighted by Crippen LogP contribution is 2.21. The molecule has 0 fully saturated rings. The zero-order valence-corrected chi connectivity index (χ0v) is 11.0. The maximum absolute atomic E-state index is 13.6. The van der Waals surface area contributed by atoms with Crippen LogP contribution >= 0.6 is 0 Å². The Morgan fingerprint density at radius 3 is 2.47 bits per heavy atom. The van der Waals surface area contributed by atoms with Crippen molar-refractivity contribution < 1.29 is 12.8 Å². The average molecular weight is 260 g/mol. The topological polar surface area (TPSA) is 63.4 Å². The summed E-state index contributed by atoms with van der Waals surface area (Å²) in [6, 6.07) is 2.62. The van der Waals surface area contributed by atoms with Crippen molar-refractivity contribution in [1.29, 1.82) is 0 Å². The first-order chi connectivity index (χ1) is 7.84. The molecule has 0 unspecified atom stereocenters. The summed E-state index contributed by atoms with van der Waals surface area (Å²) in [6.45, 7) is 3.60. The van der Waals surface area contributed by atoms with Gasteiger partial charge in [0.2, 0.25) is 10.0 Å². The molecule has 0 saturated heterocycles. The summed E-state index contributed by atoms with van der Waals surface area (Å²) in [4.78, 5) is 0.0844. The van der Waals surface area contributed by atoms with E-state index in [4.69, 9.17) is 5.73 Å². The average Bonchev–Trinajstić information content (AvgIpc) is 2.30. The minimum atomic E-state index is -3.55.